The largest absolute Gasteiger partial charge is 0.333 e. The lowest BCUT2D eigenvalue weighted by Crippen LogP contribution is -3.28. The minimum atomic E-state index is -0.320. The van der Waals surface area contributed by atoms with E-state index in [0.29, 0.717) is 31.9 Å². The van der Waals surface area contributed by atoms with Gasteiger partial charge in [-0.15, -0.1) is 11.3 Å². The molecule has 8 heteroatoms. The Balaban J connectivity index is 1.39. The molecule has 1 aliphatic heterocycles. The molecule has 0 saturated carbocycles. The molecule has 1 fully saturated rings. The van der Waals surface area contributed by atoms with Crippen molar-refractivity contribution in [3.63, 3.8) is 0 Å². The van der Waals surface area contributed by atoms with Gasteiger partial charge in [0.2, 0.25) is 0 Å². The van der Waals surface area contributed by atoms with Gasteiger partial charge in [0.05, 0.1) is 6.54 Å². The van der Waals surface area contributed by atoms with Crippen molar-refractivity contribution in [3.8, 4) is 0 Å². The minimum absolute atomic E-state index is 0.0701. The smallest absolute Gasteiger partial charge is 0.279 e. The average Bonchev–Trinajstić information content (AvgIpc) is 3.22. The van der Waals surface area contributed by atoms with Gasteiger partial charge in [-0.25, -0.2) is 4.39 Å². The Morgan fingerprint density at radius 2 is 1.72 bits per heavy atom. The molecule has 3 rings (SSSR count). The molecular weight excluding hydrogens is 391 g/mol. The van der Waals surface area contributed by atoms with Crippen molar-refractivity contribution < 1.29 is 23.8 Å². The topological polar surface area (TPSA) is 58.3 Å². The van der Waals surface area contributed by atoms with E-state index in [0.717, 1.165) is 26.2 Å². The van der Waals surface area contributed by atoms with Crippen LogP contribution >= 0.6 is 11.3 Å². The number of amides is 2. The second-order valence-electron chi connectivity index (χ2n) is 7.40. The van der Waals surface area contributed by atoms with Gasteiger partial charge in [0.1, 0.15) is 32.0 Å². The Bertz CT molecular complexity index is 790. The number of rotatable bonds is 8. The van der Waals surface area contributed by atoms with Crippen LogP contribution in [0.2, 0.25) is 0 Å². The normalized spacial score (nSPS) is 19.0. The fraction of sp³-hybridized carbons (Fsp3) is 0.429. The van der Waals surface area contributed by atoms with Gasteiger partial charge in [0, 0.05) is 17.1 Å². The second-order valence-corrected chi connectivity index (χ2v) is 8.43. The molecule has 0 bridgehead atoms. The summed E-state index contributed by atoms with van der Waals surface area (Å²) < 4.78 is 12.9. The summed E-state index contributed by atoms with van der Waals surface area (Å²) in [5, 5.41) is 4.85. The zero-order chi connectivity index (χ0) is 20.6. The van der Waals surface area contributed by atoms with Gasteiger partial charge in [-0.2, -0.15) is 0 Å². The molecule has 3 N–H and O–H groups in total. The fourth-order valence-electron chi connectivity index (χ4n) is 3.57. The number of nitrogens with one attached hydrogen (secondary N) is 3. The van der Waals surface area contributed by atoms with Gasteiger partial charge in [-0.05, 0) is 42.6 Å². The molecule has 2 amide bonds. The Labute approximate surface area is 174 Å². The van der Waals surface area contributed by atoms with Gasteiger partial charge in [0.25, 0.3) is 11.8 Å². The summed E-state index contributed by atoms with van der Waals surface area (Å²) in [4.78, 5) is 30.5. The highest BCUT2D eigenvalue weighted by Gasteiger charge is 2.27. The number of hydrogen-bond donors (Lipinski definition) is 3. The molecule has 0 spiro atoms. The van der Waals surface area contributed by atoms with E-state index in [2.05, 4.69) is 11.4 Å². The molecule has 0 aliphatic carbocycles. The van der Waals surface area contributed by atoms with Crippen molar-refractivity contribution in [2.75, 3.05) is 51.1 Å². The van der Waals surface area contributed by atoms with Crippen LogP contribution in [0.15, 0.2) is 41.8 Å². The number of anilines is 1. The van der Waals surface area contributed by atoms with E-state index in [-0.39, 0.29) is 17.6 Å². The first kappa shape index (κ1) is 21.4. The predicted octanol–water partition coefficient (Wildman–Crippen LogP) is -0.342. The maximum atomic E-state index is 12.9. The maximum Gasteiger partial charge on any atom is 0.279 e. The second kappa shape index (κ2) is 10.5. The van der Waals surface area contributed by atoms with Crippen molar-refractivity contribution in [2.24, 2.45) is 0 Å². The highest BCUT2D eigenvalue weighted by molar-refractivity contribution is 7.09. The van der Waals surface area contributed by atoms with Crippen molar-refractivity contribution in [1.29, 1.82) is 0 Å². The van der Waals surface area contributed by atoms with Crippen LogP contribution in [0.25, 0.3) is 0 Å². The number of thiophene rings is 1. The lowest BCUT2D eigenvalue weighted by molar-refractivity contribution is -1.00. The van der Waals surface area contributed by atoms with Gasteiger partial charge >= 0.3 is 0 Å². The van der Waals surface area contributed by atoms with Crippen LogP contribution in [0, 0.1) is 5.82 Å². The molecular formula is C21H29FN4O2S+2. The summed E-state index contributed by atoms with van der Waals surface area (Å²) in [7, 11) is 0. The van der Waals surface area contributed by atoms with Crippen molar-refractivity contribution in [3.05, 3.63) is 52.5 Å². The molecule has 2 heterocycles. The number of benzene rings is 1. The first-order valence-electron chi connectivity index (χ1n) is 10.1. The standard InChI is InChI=1S/C21H27FN4O2S/c1-2-26(14-19-4-3-13-29-19)21(28)16-25-11-9-24(10-12-25)15-20(27)23-18-7-5-17(22)6-8-18/h3-8,13H,2,9-12,14-16H2,1H3,(H,23,27)/p+2. The van der Waals surface area contributed by atoms with Crippen LogP contribution in [0.5, 0.6) is 0 Å². The molecule has 1 aromatic carbocycles. The number of hydrogen-bond acceptors (Lipinski definition) is 3. The first-order chi connectivity index (χ1) is 14.0. The van der Waals surface area contributed by atoms with E-state index in [1.54, 1.807) is 23.5 Å². The molecule has 1 aromatic heterocycles. The molecule has 2 aromatic rings. The van der Waals surface area contributed by atoms with E-state index in [4.69, 9.17) is 0 Å². The quantitative estimate of drug-likeness (QED) is 0.547. The van der Waals surface area contributed by atoms with Crippen molar-refractivity contribution in [1.82, 2.24) is 4.90 Å². The summed E-state index contributed by atoms with van der Waals surface area (Å²) >= 11 is 1.68. The third-order valence-electron chi connectivity index (χ3n) is 5.27. The highest BCUT2D eigenvalue weighted by Crippen LogP contribution is 2.11. The summed E-state index contributed by atoms with van der Waals surface area (Å²) in [6.07, 6.45) is 0. The highest BCUT2D eigenvalue weighted by atomic mass is 32.1. The molecule has 0 radical (unpaired) electrons. The first-order valence-corrected chi connectivity index (χ1v) is 10.9. The van der Waals surface area contributed by atoms with Crippen LogP contribution in [0.3, 0.4) is 0 Å². The zero-order valence-corrected chi connectivity index (χ0v) is 17.6. The van der Waals surface area contributed by atoms with E-state index < -0.39 is 0 Å². The molecule has 6 nitrogen and oxygen atoms in total. The van der Waals surface area contributed by atoms with Crippen LogP contribution in [0.1, 0.15) is 11.8 Å². The van der Waals surface area contributed by atoms with E-state index in [1.807, 2.05) is 23.3 Å². The number of carbonyl (C=O) groups excluding carboxylic acids is 2. The van der Waals surface area contributed by atoms with Crippen molar-refractivity contribution in [2.45, 2.75) is 13.5 Å². The Kier molecular flexibility index (Phi) is 7.74. The predicted molar refractivity (Wildman–Crippen MR) is 112 cm³/mol. The number of halogens is 1. The summed E-state index contributed by atoms with van der Waals surface area (Å²) in [5.74, 6) is -0.202. The lowest BCUT2D eigenvalue weighted by atomic mass is 10.2. The molecule has 1 saturated heterocycles. The monoisotopic (exact) mass is 420 g/mol. The van der Waals surface area contributed by atoms with Gasteiger partial charge in [-0.3, -0.25) is 9.59 Å². The number of likely N-dealkylation sites (N-methyl/N-ethyl adjacent to an activating group) is 1. The number of nitrogens with zero attached hydrogens (tertiary/aromatic N) is 1. The fourth-order valence-corrected chi connectivity index (χ4v) is 4.29. The molecule has 29 heavy (non-hydrogen) atoms. The van der Waals surface area contributed by atoms with Crippen LogP contribution in [-0.4, -0.2) is 62.5 Å². The van der Waals surface area contributed by atoms with Gasteiger partial charge in [0.15, 0.2) is 13.1 Å². The van der Waals surface area contributed by atoms with Crippen LogP contribution < -0.4 is 15.1 Å². The SMILES string of the molecule is CCN(Cc1cccs1)C(=O)C[NH+]1CC[NH+](CC(=O)Nc2ccc(F)cc2)CC1. The number of quaternary nitrogens is 2. The molecule has 156 valence electrons. The Morgan fingerprint density at radius 3 is 2.31 bits per heavy atom. The Morgan fingerprint density at radius 1 is 1.07 bits per heavy atom. The van der Waals surface area contributed by atoms with E-state index in [9.17, 15) is 14.0 Å². The van der Waals surface area contributed by atoms with E-state index in [1.165, 1.54) is 26.8 Å². The lowest BCUT2D eigenvalue weighted by Gasteiger charge is -2.30. The van der Waals surface area contributed by atoms with Crippen molar-refractivity contribution >= 4 is 28.8 Å². The zero-order valence-electron chi connectivity index (χ0n) is 16.7. The van der Waals surface area contributed by atoms with Crippen LogP contribution in [-0.2, 0) is 16.1 Å². The Hall–Kier alpha value is -2.29. The summed E-state index contributed by atoms with van der Waals surface area (Å²) in [6, 6.07) is 9.86. The van der Waals surface area contributed by atoms with Gasteiger partial charge in [-0.1, -0.05) is 6.07 Å². The maximum absolute atomic E-state index is 12.9. The molecule has 1 aliphatic rings. The van der Waals surface area contributed by atoms with Gasteiger partial charge < -0.3 is 20.0 Å². The van der Waals surface area contributed by atoms with Crippen LogP contribution in [0.4, 0.5) is 10.1 Å². The molecule has 0 unspecified atom stereocenters. The molecule has 0 atom stereocenters. The number of piperazine rings is 1. The third-order valence-corrected chi connectivity index (χ3v) is 6.13. The average molecular weight is 421 g/mol. The third kappa shape index (κ3) is 6.62. The summed E-state index contributed by atoms with van der Waals surface area (Å²) in [5.41, 5.74) is 0.607. The van der Waals surface area contributed by atoms with E-state index >= 15 is 0 Å². The number of carbonyl (C=O) groups is 2. The summed E-state index contributed by atoms with van der Waals surface area (Å²) in [6.45, 7) is 7.77. The minimum Gasteiger partial charge on any atom is -0.333 e.